The number of hydrogen-bond donors (Lipinski definition) is 8. The van der Waals surface area contributed by atoms with Crippen molar-refractivity contribution in [3.8, 4) is 0 Å². The Balaban J connectivity index is 1.53. The first-order valence-corrected chi connectivity index (χ1v) is 13.6. The Bertz CT molecular complexity index is 1240. The molecule has 230 valence electrons. The zero-order chi connectivity index (χ0) is 31.1. The molecule has 0 aliphatic rings. The zero-order valence-electron chi connectivity index (χ0n) is 23.6. The Morgan fingerprint density at radius 1 is 0.738 bits per heavy atom. The minimum atomic E-state index is -1.90. The minimum absolute atomic E-state index is 0.0247. The predicted molar refractivity (Wildman–Crippen MR) is 152 cm³/mol. The molecule has 0 fully saturated rings. The summed E-state index contributed by atoms with van der Waals surface area (Å²) in [6.45, 7) is 3.73. The van der Waals surface area contributed by atoms with E-state index in [4.69, 9.17) is 0 Å². The zero-order valence-corrected chi connectivity index (χ0v) is 23.6. The lowest BCUT2D eigenvalue weighted by Gasteiger charge is -2.16. The molecule has 0 spiro atoms. The molecule has 4 amide bonds. The van der Waals surface area contributed by atoms with Gasteiger partial charge >= 0.3 is 6.03 Å². The number of ketones is 1. The number of rotatable bonds is 17. The predicted octanol–water partition coefficient (Wildman–Crippen LogP) is -0.242. The summed E-state index contributed by atoms with van der Waals surface area (Å²) in [6, 6.07) is 2.04. The molecule has 0 saturated carbocycles. The van der Waals surface area contributed by atoms with Crippen LogP contribution >= 0.6 is 0 Å². The molecule has 2 unspecified atom stereocenters. The van der Waals surface area contributed by atoms with Crippen LogP contribution in [-0.2, 0) is 14.4 Å². The van der Waals surface area contributed by atoms with Crippen molar-refractivity contribution in [2.75, 3.05) is 23.7 Å². The van der Waals surface area contributed by atoms with Crippen LogP contribution in [0, 0.1) is 13.8 Å². The van der Waals surface area contributed by atoms with Crippen LogP contribution in [0.1, 0.15) is 62.8 Å². The van der Waals surface area contributed by atoms with Crippen molar-refractivity contribution in [1.29, 1.82) is 0 Å². The maximum Gasteiger partial charge on any atom is 0.321 e. The fraction of sp³-hybridized carbons (Fsp3) is 0.538. The Morgan fingerprint density at radius 3 is 1.83 bits per heavy atom. The van der Waals surface area contributed by atoms with Gasteiger partial charge in [-0.3, -0.25) is 44.6 Å². The average molecular weight is 591 g/mol. The summed E-state index contributed by atoms with van der Waals surface area (Å²) in [7, 11) is 0. The maximum absolute atomic E-state index is 12.2. The monoisotopic (exact) mass is 590 g/mol. The van der Waals surface area contributed by atoms with E-state index in [1.165, 1.54) is 12.1 Å². The van der Waals surface area contributed by atoms with E-state index in [-0.39, 0.29) is 48.3 Å². The van der Waals surface area contributed by atoms with Gasteiger partial charge in [-0.1, -0.05) is 12.8 Å². The average Bonchev–Trinajstić information content (AvgIpc) is 2.90. The fourth-order valence-corrected chi connectivity index (χ4v) is 3.80. The van der Waals surface area contributed by atoms with Gasteiger partial charge in [0.15, 0.2) is 11.9 Å². The number of Topliss-reactive ketones (excluding diaryl/α,β-unsaturated/α-hetero) is 1. The molecular weight excluding hydrogens is 552 g/mol. The Hall–Kier alpha value is -4.44. The highest BCUT2D eigenvalue weighted by atomic mass is 16.3. The van der Waals surface area contributed by atoms with Gasteiger partial charge in [0, 0.05) is 49.5 Å². The van der Waals surface area contributed by atoms with Crippen LogP contribution in [0.2, 0.25) is 0 Å². The number of aromatic nitrogens is 4. The van der Waals surface area contributed by atoms with Gasteiger partial charge in [-0.25, -0.2) is 14.8 Å². The molecule has 2 aromatic heterocycles. The number of amides is 4. The number of urea groups is 1. The van der Waals surface area contributed by atoms with Crippen LogP contribution in [0.15, 0.2) is 21.7 Å². The van der Waals surface area contributed by atoms with E-state index in [9.17, 15) is 39.0 Å². The lowest BCUT2D eigenvalue weighted by atomic mass is 10.0. The summed E-state index contributed by atoms with van der Waals surface area (Å²) in [4.78, 5) is 83.7. The summed E-state index contributed by atoms with van der Waals surface area (Å²) in [5.74, 6) is -1.76. The normalized spacial score (nSPS) is 12.2. The van der Waals surface area contributed by atoms with Gasteiger partial charge in [-0.05, 0) is 39.5 Å². The third-order valence-corrected chi connectivity index (χ3v) is 5.89. The molecule has 0 radical (unpaired) electrons. The molecule has 16 nitrogen and oxygen atoms in total. The molecule has 0 aromatic carbocycles. The van der Waals surface area contributed by atoms with Crippen LogP contribution in [0.5, 0.6) is 0 Å². The van der Waals surface area contributed by atoms with Crippen molar-refractivity contribution in [1.82, 2.24) is 30.6 Å². The van der Waals surface area contributed by atoms with Crippen molar-refractivity contribution < 1.29 is 29.4 Å². The van der Waals surface area contributed by atoms with Crippen molar-refractivity contribution >= 4 is 35.5 Å². The molecule has 2 heterocycles. The Morgan fingerprint density at radius 2 is 1.26 bits per heavy atom. The Labute approximate surface area is 241 Å². The number of hydrogen-bond acceptors (Lipinski definition) is 10. The summed E-state index contributed by atoms with van der Waals surface area (Å²) in [5.41, 5.74) is 0.173. The number of aryl methyl sites for hydroxylation is 2. The van der Waals surface area contributed by atoms with Crippen molar-refractivity contribution in [2.24, 2.45) is 0 Å². The number of aliphatic hydroxyl groups is 2. The third-order valence-electron chi connectivity index (χ3n) is 5.89. The summed E-state index contributed by atoms with van der Waals surface area (Å²) in [5, 5.41) is 30.0. The molecule has 16 heteroatoms. The van der Waals surface area contributed by atoms with Crippen LogP contribution < -0.4 is 32.4 Å². The van der Waals surface area contributed by atoms with Gasteiger partial charge in [0.05, 0.1) is 0 Å². The van der Waals surface area contributed by atoms with Gasteiger partial charge < -0.3 is 20.8 Å². The number of nitrogens with one attached hydrogen (secondary N) is 6. The molecule has 42 heavy (non-hydrogen) atoms. The number of carbonyl (C=O) groups is 4. The second kappa shape index (κ2) is 17.4. The van der Waals surface area contributed by atoms with E-state index >= 15 is 0 Å². The number of carbonyl (C=O) groups excluding carboxylic acids is 4. The third kappa shape index (κ3) is 12.8. The molecule has 0 saturated heterocycles. The number of nitrogens with zero attached hydrogens (tertiary/aromatic N) is 2. The first kappa shape index (κ1) is 33.8. The van der Waals surface area contributed by atoms with E-state index in [1.54, 1.807) is 13.8 Å². The van der Waals surface area contributed by atoms with Gasteiger partial charge in [0.25, 0.3) is 17.0 Å². The van der Waals surface area contributed by atoms with Crippen LogP contribution in [-0.4, -0.2) is 79.1 Å². The van der Waals surface area contributed by atoms with Gasteiger partial charge in [0.1, 0.15) is 6.10 Å². The highest BCUT2D eigenvalue weighted by Crippen LogP contribution is 2.07. The topological polar surface area (TPSA) is 248 Å². The molecule has 8 N–H and O–H groups in total. The number of unbranched alkanes of at least 4 members (excludes halogenated alkanes) is 4. The van der Waals surface area contributed by atoms with E-state index in [2.05, 4.69) is 41.2 Å². The first-order valence-electron chi connectivity index (χ1n) is 13.6. The molecule has 0 bridgehead atoms. The molecule has 0 aliphatic heterocycles. The van der Waals surface area contributed by atoms with E-state index in [0.717, 1.165) is 0 Å². The van der Waals surface area contributed by atoms with Crippen molar-refractivity contribution in [3.05, 3.63) is 44.2 Å². The van der Waals surface area contributed by atoms with Crippen molar-refractivity contribution in [2.45, 2.75) is 77.4 Å². The van der Waals surface area contributed by atoms with Crippen LogP contribution in [0.3, 0.4) is 0 Å². The summed E-state index contributed by atoms with van der Waals surface area (Å²) in [6.07, 6.45) is -0.598. The standard InChI is InChI=1S/C26H38N8O8/c1-15-13-19(37)32-24(29-15)31-18(36)10-6-4-7-11-27-23(41)22(40)21(39)17(35)9-5-3-8-12-28-26(42)34-25-30-16(2)14-20(38)33-25/h13-14,21-22,39-40H,3-12H2,1-2H3,(H,27,41)(H2,29,31,32,36,37)(H3,28,30,33,34,38,42). The fourth-order valence-electron chi connectivity index (χ4n) is 3.80. The largest absolute Gasteiger partial charge is 0.382 e. The summed E-state index contributed by atoms with van der Waals surface area (Å²) < 4.78 is 0. The van der Waals surface area contributed by atoms with Gasteiger partial charge in [0.2, 0.25) is 17.8 Å². The van der Waals surface area contributed by atoms with Crippen LogP contribution in [0.25, 0.3) is 0 Å². The highest BCUT2D eigenvalue weighted by molar-refractivity contribution is 5.91. The Kier molecular flexibility index (Phi) is 14.0. The lowest BCUT2D eigenvalue weighted by molar-refractivity contribution is -0.144. The second-order valence-electron chi connectivity index (χ2n) is 9.67. The number of H-pyrrole nitrogens is 2. The number of aromatic amines is 2. The molecule has 2 rings (SSSR count). The quantitative estimate of drug-likeness (QED) is 0.112. The van der Waals surface area contributed by atoms with E-state index in [0.29, 0.717) is 56.5 Å². The second-order valence-corrected chi connectivity index (χ2v) is 9.67. The molecular formula is C26H38N8O8. The van der Waals surface area contributed by atoms with Gasteiger partial charge in [-0.15, -0.1) is 0 Å². The van der Waals surface area contributed by atoms with E-state index in [1.807, 2.05) is 0 Å². The van der Waals surface area contributed by atoms with Gasteiger partial charge in [-0.2, -0.15) is 0 Å². The highest BCUT2D eigenvalue weighted by Gasteiger charge is 2.29. The van der Waals surface area contributed by atoms with E-state index < -0.39 is 29.9 Å². The number of aliphatic hydroxyl groups excluding tert-OH is 2. The first-order chi connectivity index (χ1) is 19.9. The summed E-state index contributed by atoms with van der Waals surface area (Å²) >= 11 is 0. The van der Waals surface area contributed by atoms with Crippen LogP contribution in [0.4, 0.5) is 16.7 Å². The SMILES string of the molecule is Cc1cc(=O)[nH]c(NC(=O)CCCCCNC(=O)C(O)C(O)C(=O)CCCCCNC(=O)Nc2nc(C)cc(=O)[nH]2)n1. The molecule has 2 atom stereocenters. The molecule has 0 aliphatic carbocycles. The number of anilines is 2. The minimum Gasteiger partial charge on any atom is -0.382 e. The lowest BCUT2D eigenvalue weighted by Crippen LogP contribution is -2.45. The molecule has 2 aromatic rings. The van der Waals surface area contributed by atoms with Crippen molar-refractivity contribution in [3.63, 3.8) is 0 Å². The smallest absolute Gasteiger partial charge is 0.321 e. The maximum atomic E-state index is 12.2.